The third-order valence-corrected chi connectivity index (χ3v) is 3.76. The van der Waals surface area contributed by atoms with Crippen molar-refractivity contribution in [2.45, 2.75) is 39.7 Å². The molecule has 134 valence electrons. The van der Waals surface area contributed by atoms with Crippen molar-refractivity contribution in [2.24, 2.45) is 11.8 Å². The van der Waals surface area contributed by atoms with Crippen LogP contribution in [0.4, 0.5) is 0 Å². The second kappa shape index (κ2) is 9.15. The summed E-state index contributed by atoms with van der Waals surface area (Å²) in [5.41, 5.74) is 0.922. The SMILES string of the molecule is COc1ccc(CC(C)C(=O)N[C@@H](CC(C)C)C(=O)O)cc1OC. The Kier molecular flexibility index (Phi) is 7.55. The van der Waals surface area contributed by atoms with Gasteiger partial charge in [0.2, 0.25) is 5.91 Å². The number of carbonyl (C=O) groups excluding carboxylic acids is 1. The standard InChI is InChI=1S/C18H27NO5/c1-11(2)8-14(18(21)22)19-17(20)12(3)9-13-6-7-15(23-4)16(10-13)24-5/h6-7,10-12,14H,8-9H2,1-5H3,(H,19,20)(H,21,22)/t12?,14-/m0/s1. The van der Waals surface area contributed by atoms with E-state index in [-0.39, 0.29) is 17.7 Å². The van der Waals surface area contributed by atoms with Crippen molar-refractivity contribution in [3.63, 3.8) is 0 Å². The molecule has 0 aliphatic rings. The lowest BCUT2D eigenvalue weighted by Gasteiger charge is -2.19. The van der Waals surface area contributed by atoms with Crippen LogP contribution in [0, 0.1) is 11.8 Å². The third kappa shape index (κ3) is 5.76. The Morgan fingerprint density at radius 2 is 1.75 bits per heavy atom. The van der Waals surface area contributed by atoms with Gasteiger partial charge in [0.15, 0.2) is 11.5 Å². The van der Waals surface area contributed by atoms with Gasteiger partial charge >= 0.3 is 5.97 Å². The molecule has 1 rings (SSSR count). The molecule has 6 nitrogen and oxygen atoms in total. The van der Waals surface area contributed by atoms with Crippen LogP contribution in [0.3, 0.4) is 0 Å². The molecule has 0 radical (unpaired) electrons. The fraction of sp³-hybridized carbons (Fsp3) is 0.556. The monoisotopic (exact) mass is 337 g/mol. The molecule has 2 atom stereocenters. The number of rotatable bonds is 9. The van der Waals surface area contributed by atoms with Crippen molar-refractivity contribution in [3.05, 3.63) is 23.8 Å². The van der Waals surface area contributed by atoms with Gasteiger partial charge in [-0.15, -0.1) is 0 Å². The minimum Gasteiger partial charge on any atom is -0.493 e. The van der Waals surface area contributed by atoms with Crippen LogP contribution in [0.5, 0.6) is 11.5 Å². The lowest BCUT2D eigenvalue weighted by molar-refractivity contribution is -0.142. The van der Waals surface area contributed by atoms with Crippen molar-refractivity contribution < 1.29 is 24.2 Å². The molecule has 0 aliphatic carbocycles. The van der Waals surface area contributed by atoms with Crippen molar-refractivity contribution in [1.82, 2.24) is 5.32 Å². The minimum atomic E-state index is -1.00. The van der Waals surface area contributed by atoms with Crippen LogP contribution in [0.1, 0.15) is 32.8 Å². The van der Waals surface area contributed by atoms with E-state index < -0.39 is 12.0 Å². The molecule has 0 fully saturated rings. The Morgan fingerprint density at radius 3 is 2.25 bits per heavy atom. The number of carboxylic acid groups (broad SMARTS) is 1. The number of amides is 1. The van der Waals surface area contributed by atoms with Gasteiger partial charge in [-0.2, -0.15) is 0 Å². The predicted molar refractivity (Wildman–Crippen MR) is 91.4 cm³/mol. The van der Waals surface area contributed by atoms with Crippen molar-refractivity contribution in [2.75, 3.05) is 14.2 Å². The average Bonchev–Trinajstić information content (AvgIpc) is 2.53. The van der Waals surface area contributed by atoms with Gasteiger partial charge in [0.05, 0.1) is 14.2 Å². The molecule has 0 aromatic heterocycles. The Bertz CT molecular complexity index is 571. The minimum absolute atomic E-state index is 0.188. The fourth-order valence-electron chi connectivity index (χ4n) is 2.46. The molecule has 2 N–H and O–H groups in total. The van der Waals surface area contributed by atoms with E-state index in [9.17, 15) is 14.7 Å². The second-order valence-electron chi connectivity index (χ2n) is 6.32. The largest absolute Gasteiger partial charge is 0.493 e. The predicted octanol–water partition coefficient (Wildman–Crippen LogP) is 2.50. The smallest absolute Gasteiger partial charge is 0.326 e. The number of carboxylic acids is 1. The van der Waals surface area contributed by atoms with Crippen LogP contribution < -0.4 is 14.8 Å². The summed E-state index contributed by atoms with van der Waals surface area (Å²) in [5, 5.41) is 11.8. The zero-order chi connectivity index (χ0) is 18.3. The first-order valence-electron chi connectivity index (χ1n) is 8.02. The molecule has 0 aliphatic heterocycles. The molecule has 0 spiro atoms. The van der Waals surface area contributed by atoms with E-state index in [4.69, 9.17) is 9.47 Å². The summed E-state index contributed by atoms with van der Waals surface area (Å²) in [4.78, 5) is 23.6. The normalized spacial score (nSPS) is 13.2. The Balaban J connectivity index is 2.74. The Hall–Kier alpha value is -2.24. The first-order chi connectivity index (χ1) is 11.3. The molecule has 1 aromatic carbocycles. The molecule has 0 bridgehead atoms. The van der Waals surface area contributed by atoms with Gasteiger partial charge in [-0.3, -0.25) is 4.79 Å². The van der Waals surface area contributed by atoms with Gasteiger partial charge in [0.25, 0.3) is 0 Å². The van der Waals surface area contributed by atoms with Gasteiger partial charge in [0, 0.05) is 5.92 Å². The quantitative estimate of drug-likeness (QED) is 0.723. The number of benzene rings is 1. The highest BCUT2D eigenvalue weighted by Crippen LogP contribution is 2.28. The van der Waals surface area contributed by atoms with E-state index in [1.165, 1.54) is 0 Å². The van der Waals surface area contributed by atoms with Gasteiger partial charge in [0.1, 0.15) is 6.04 Å². The molecule has 0 saturated heterocycles. The molecular formula is C18H27NO5. The summed E-state index contributed by atoms with van der Waals surface area (Å²) in [6.45, 7) is 5.63. The van der Waals surface area contributed by atoms with E-state index in [0.29, 0.717) is 24.3 Å². The van der Waals surface area contributed by atoms with Gasteiger partial charge < -0.3 is 19.9 Å². The number of hydrogen-bond donors (Lipinski definition) is 2. The topological polar surface area (TPSA) is 84.9 Å². The first-order valence-corrected chi connectivity index (χ1v) is 8.02. The zero-order valence-corrected chi connectivity index (χ0v) is 15.0. The maximum Gasteiger partial charge on any atom is 0.326 e. The lowest BCUT2D eigenvalue weighted by Crippen LogP contribution is -2.44. The van der Waals surface area contributed by atoms with Gasteiger partial charge in [-0.05, 0) is 36.5 Å². The number of ether oxygens (including phenoxy) is 2. The van der Waals surface area contributed by atoms with Crippen LogP contribution in [0.25, 0.3) is 0 Å². The highest BCUT2D eigenvalue weighted by molar-refractivity contribution is 5.84. The molecule has 0 saturated carbocycles. The van der Waals surface area contributed by atoms with Crippen LogP contribution in [-0.4, -0.2) is 37.2 Å². The van der Waals surface area contributed by atoms with E-state index in [1.54, 1.807) is 27.2 Å². The molecule has 1 aromatic rings. The van der Waals surface area contributed by atoms with Crippen molar-refractivity contribution in [3.8, 4) is 11.5 Å². The summed E-state index contributed by atoms with van der Waals surface area (Å²) >= 11 is 0. The van der Waals surface area contributed by atoms with Gasteiger partial charge in [-0.1, -0.05) is 26.8 Å². The molecular weight excluding hydrogens is 310 g/mol. The first kappa shape index (κ1) is 19.8. The zero-order valence-electron chi connectivity index (χ0n) is 15.0. The number of hydrogen-bond acceptors (Lipinski definition) is 4. The van der Waals surface area contributed by atoms with Crippen molar-refractivity contribution in [1.29, 1.82) is 0 Å². The molecule has 1 amide bonds. The number of nitrogens with one attached hydrogen (secondary N) is 1. The number of methoxy groups -OCH3 is 2. The van der Waals surface area contributed by atoms with E-state index >= 15 is 0 Å². The third-order valence-electron chi connectivity index (χ3n) is 3.76. The van der Waals surface area contributed by atoms with Crippen LogP contribution in [0.2, 0.25) is 0 Å². The Morgan fingerprint density at radius 1 is 1.12 bits per heavy atom. The highest BCUT2D eigenvalue weighted by atomic mass is 16.5. The van der Waals surface area contributed by atoms with Gasteiger partial charge in [-0.25, -0.2) is 4.79 Å². The molecule has 24 heavy (non-hydrogen) atoms. The average molecular weight is 337 g/mol. The second-order valence-corrected chi connectivity index (χ2v) is 6.32. The summed E-state index contributed by atoms with van der Waals surface area (Å²) in [7, 11) is 3.12. The molecule has 1 unspecified atom stereocenters. The number of aliphatic carboxylic acids is 1. The lowest BCUT2D eigenvalue weighted by atomic mass is 9.98. The van der Waals surface area contributed by atoms with E-state index in [2.05, 4.69) is 5.32 Å². The highest BCUT2D eigenvalue weighted by Gasteiger charge is 2.24. The maximum absolute atomic E-state index is 12.3. The van der Waals surface area contributed by atoms with E-state index in [0.717, 1.165) is 5.56 Å². The molecule has 6 heteroatoms. The van der Waals surface area contributed by atoms with Crippen molar-refractivity contribution >= 4 is 11.9 Å². The maximum atomic E-state index is 12.3. The summed E-state index contributed by atoms with van der Waals surface area (Å²) in [6.07, 6.45) is 0.893. The van der Waals surface area contributed by atoms with Crippen LogP contribution in [0.15, 0.2) is 18.2 Å². The van der Waals surface area contributed by atoms with E-state index in [1.807, 2.05) is 26.0 Å². The summed E-state index contributed by atoms with van der Waals surface area (Å²) < 4.78 is 10.4. The summed E-state index contributed by atoms with van der Waals surface area (Å²) in [6, 6.07) is 4.63. The Labute approximate surface area is 143 Å². The number of carbonyl (C=O) groups is 2. The van der Waals surface area contributed by atoms with Crippen LogP contribution >= 0.6 is 0 Å². The summed E-state index contributed by atoms with van der Waals surface area (Å²) in [5.74, 6) is -0.204. The van der Waals surface area contributed by atoms with Crippen LogP contribution in [-0.2, 0) is 16.0 Å². The molecule has 0 heterocycles. The fourth-order valence-corrected chi connectivity index (χ4v) is 2.46.